The molecule has 1 aliphatic rings. The fraction of sp³-hybridized carbons (Fsp3) is 0.176. The Morgan fingerprint density at radius 2 is 1.67 bits per heavy atom. The summed E-state index contributed by atoms with van der Waals surface area (Å²) in [6, 6.07) is 1.71. The van der Waals surface area contributed by atoms with Crippen molar-refractivity contribution in [2.24, 2.45) is 0 Å². The summed E-state index contributed by atoms with van der Waals surface area (Å²) in [5.41, 5.74) is -2.62. The van der Waals surface area contributed by atoms with Crippen molar-refractivity contribution in [2.45, 2.75) is 6.18 Å². The number of anilines is 1. The van der Waals surface area contributed by atoms with Crippen molar-refractivity contribution in [3.8, 4) is 0 Å². The number of allylic oxidation sites excluding steroid dienone is 2. The minimum absolute atomic E-state index is 0.172. The number of hydrogen-bond donors (Lipinski definition) is 0. The molecule has 0 N–H and O–H groups in total. The molecule has 0 saturated heterocycles. The summed E-state index contributed by atoms with van der Waals surface area (Å²) >= 11 is 11.9. The molecule has 0 fully saturated rings. The first kappa shape index (κ1) is 20.9. The summed E-state index contributed by atoms with van der Waals surface area (Å²) in [6.07, 6.45) is 0.187. The van der Waals surface area contributed by atoms with E-state index in [1.165, 1.54) is 18.2 Å². The fourth-order valence-corrected chi connectivity index (χ4v) is 2.75. The van der Waals surface area contributed by atoms with Gasteiger partial charge in [-0.2, -0.15) is 13.2 Å². The molecule has 1 aromatic rings. The van der Waals surface area contributed by atoms with Crippen molar-refractivity contribution < 1.29 is 32.2 Å². The van der Waals surface area contributed by atoms with Crippen LogP contribution in [0.15, 0.2) is 47.8 Å². The Bertz CT molecular complexity index is 876. The summed E-state index contributed by atoms with van der Waals surface area (Å²) in [5.74, 6) is -2.03. The average molecular weight is 422 g/mol. The largest absolute Gasteiger partial charge is 0.465 e. The number of halogens is 5. The highest BCUT2D eigenvalue weighted by molar-refractivity contribution is 6.44. The van der Waals surface area contributed by atoms with Crippen molar-refractivity contribution in [3.63, 3.8) is 0 Å². The van der Waals surface area contributed by atoms with Crippen LogP contribution < -0.4 is 4.90 Å². The van der Waals surface area contributed by atoms with E-state index in [9.17, 15) is 22.8 Å². The van der Waals surface area contributed by atoms with Crippen LogP contribution in [0.3, 0.4) is 0 Å². The molecule has 5 nitrogen and oxygen atoms in total. The maximum atomic E-state index is 13.6. The predicted octanol–water partition coefficient (Wildman–Crippen LogP) is 4.50. The van der Waals surface area contributed by atoms with Crippen LogP contribution in [-0.2, 0) is 25.2 Å². The number of benzene rings is 1. The van der Waals surface area contributed by atoms with Gasteiger partial charge in [-0.3, -0.25) is 0 Å². The number of alkyl halides is 3. The third kappa shape index (κ3) is 4.12. The normalized spacial score (nSPS) is 14.3. The highest BCUT2D eigenvalue weighted by Crippen LogP contribution is 2.45. The van der Waals surface area contributed by atoms with Gasteiger partial charge in [0.25, 0.3) is 0 Å². The van der Waals surface area contributed by atoms with E-state index in [1.807, 2.05) is 0 Å². The van der Waals surface area contributed by atoms with Gasteiger partial charge in [-0.1, -0.05) is 29.3 Å². The number of rotatable bonds is 3. The standard InChI is InChI=1S/C17H12Cl2F3NO4/c1-26-15(24)9-5-3-4-8-23(13(9)16(25)27-2)14-10(17(20,21)22)6-7-11(18)12(14)19/h3-8H,1-2H3. The Morgan fingerprint density at radius 1 is 1.04 bits per heavy atom. The lowest BCUT2D eigenvalue weighted by Gasteiger charge is -2.27. The van der Waals surface area contributed by atoms with Gasteiger partial charge >= 0.3 is 18.1 Å². The van der Waals surface area contributed by atoms with Crippen molar-refractivity contribution >= 4 is 40.8 Å². The Morgan fingerprint density at radius 3 is 2.22 bits per heavy atom. The first-order valence-corrected chi connectivity index (χ1v) is 7.99. The van der Waals surface area contributed by atoms with E-state index in [0.29, 0.717) is 0 Å². The van der Waals surface area contributed by atoms with Crippen LogP contribution in [-0.4, -0.2) is 26.2 Å². The second-order valence-electron chi connectivity index (χ2n) is 5.07. The summed E-state index contributed by atoms with van der Waals surface area (Å²) in [7, 11) is 2.08. The molecule has 0 atom stereocenters. The van der Waals surface area contributed by atoms with Gasteiger partial charge in [0.15, 0.2) is 0 Å². The van der Waals surface area contributed by atoms with Crippen LogP contribution in [0.25, 0.3) is 0 Å². The Kier molecular flexibility index (Phi) is 6.22. The minimum Gasteiger partial charge on any atom is -0.465 e. The van der Waals surface area contributed by atoms with Crippen LogP contribution in [0.4, 0.5) is 18.9 Å². The molecular weight excluding hydrogens is 410 g/mol. The van der Waals surface area contributed by atoms with Crippen molar-refractivity contribution in [1.29, 1.82) is 0 Å². The lowest BCUT2D eigenvalue weighted by Crippen LogP contribution is -2.29. The molecule has 2 rings (SSSR count). The van der Waals surface area contributed by atoms with Crippen molar-refractivity contribution in [2.75, 3.05) is 19.1 Å². The van der Waals surface area contributed by atoms with Gasteiger partial charge < -0.3 is 14.4 Å². The third-order valence-corrected chi connectivity index (χ3v) is 4.30. The summed E-state index contributed by atoms with van der Waals surface area (Å²) in [5, 5.41) is -0.627. The summed E-state index contributed by atoms with van der Waals surface area (Å²) in [6.45, 7) is 0. The topological polar surface area (TPSA) is 55.8 Å². The quantitative estimate of drug-likeness (QED) is 0.672. The van der Waals surface area contributed by atoms with Crippen LogP contribution >= 0.6 is 23.2 Å². The second kappa shape index (κ2) is 8.06. The molecule has 1 aliphatic heterocycles. The third-order valence-electron chi connectivity index (χ3n) is 3.50. The van der Waals surface area contributed by atoms with Crippen LogP contribution in [0.1, 0.15) is 5.56 Å². The van der Waals surface area contributed by atoms with E-state index < -0.39 is 40.1 Å². The first-order chi connectivity index (χ1) is 12.6. The van der Waals surface area contributed by atoms with E-state index in [-0.39, 0.29) is 10.6 Å². The van der Waals surface area contributed by atoms with Gasteiger partial charge in [-0.25, -0.2) is 9.59 Å². The van der Waals surface area contributed by atoms with Gasteiger partial charge in [-0.05, 0) is 24.3 Å². The van der Waals surface area contributed by atoms with Crippen molar-refractivity contribution in [1.82, 2.24) is 0 Å². The lowest BCUT2D eigenvalue weighted by atomic mass is 10.1. The first-order valence-electron chi connectivity index (χ1n) is 7.23. The molecule has 0 amide bonds. The fourth-order valence-electron chi connectivity index (χ4n) is 2.34. The van der Waals surface area contributed by atoms with E-state index in [2.05, 4.69) is 9.47 Å². The smallest absolute Gasteiger partial charge is 0.418 e. The molecule has 0 aromatic heterocycles. The van der Waals surface area contributed by atoms with E-state index in [4.69, 9.17) is 23.2 Å². The average Bonchev–Trinajstić information content (AvgIpc) is 2.84. The van der Waals surface area contributed by atoms with Gasteiger partial charge in [0.1, 0.15) is 5.70 Å². The number of methoxy groups -OCH3 is 2. The van der Waals surface area contributed by atoms with E-state index >= 15 is 0 Å². The zero-order valence-electron chi connectivity index (χ0n) is 13.9. The Hall–Kier alpha value is -2.45. The molecule has 0 radical (unpaired) electrons. The molecule has 144 valence electrons. The Balaban J connectivity index is 2.89. The predicted molar refractivity (Wildman–Crippen MR) is 93.3 cm³/mol. The van der Waals surface area contributed by atoms with Gasteiger partial charge in [0, 0.05) is 6.20 Å². The van der Waals surface area contributed by atoms with E-state index in [1.54, 1.807) is 0 Å². The van der Waals surface area contributed by atoms with Crippen LogP contribution in [0.5, 0.6) is 0 Å². The summed E-state index contributed by atoms with van der Waals surface area (Å²) in [4.78, 5) is 25.2. The molecule has 0 spiro atoms. The van der Waals surface area contributed by atoms with Crippen LogP contribution in [0, 0.1) is 0 Å². The molecular formula is C17H12Cl2F3NO4. The molecule has 0 unspecified atom stereocenters. The van der Waals surface area contributed by atoms with Gasteiger partial charge in [0.2, 0.25) is 0 Å². The van der Waals surface area contributed by atoms with Gasteiger partial charge in [-0.15, -0.1) is 0 Å². The maximum absolute atomic E-state index is 13.6. The molecule has 27 heavy (non-hydrogen) atoms. The lowest BCUT2D eigenvalue weighted by molar-refractivity contribution is -0.139. The monoisotopic (exact) mass is 421 g/mol. The number of carbonyl (C=O) groups excluding carboxylic acids is 2. The molecule has 0 saturated carbocycles. The number of hydrogen-bond acceptors (Lipinski definition) is 5. The van der Waals surface area contributed by atoms with Crippen molar-refractivity contribution in [3.05, 3.63) is 63.4 Å². The van der Waals surface area contributed by atoms with Gasteiger partial charge in [0.05, 0.1) is 41.1 Å². The van der Waals surface area contributed by atoms with E-state index in [0.717, 1.165) is 37.5 Å². The maximum Gasteiger partial charge on any atom is 0.418 e. The van der Waals surface area contributed by atoms with Crippen LogP contribution in [0.2, 0.25) is 10.0 Å². The molecule has 10 heteroatoms. The second-order valence-corrected chi connectivity index (χ2v) is 5.86. The zero-order chi connectivity index (χ0) is 20.4. The Labute approximate surface area is 162 Å². The molecule has 1 heterocycles. The number of nitrogens with zero attached hydrogens (tertiary/aromatic N) is 1. The minimum atomic E-state index is -4.82. The summed E-state index contributed by atoms with van der Waals surface area (Å²) < 4.78 is 49.9. The number of esters is 2. The molecule has 0 bridgehead atoms. The highest BCUT2D eigenvalue weighted by Gasteiger charge is 2.39. The highest BCUT2D eigenvalue weighted by atomic mass is 35.5. The molecule has 1 aromatic carbocycles. The number of ether oxygens (including phenoxy) is 2. The zero-order valence-corrected chi connectivity index (χ0v) is 15.4. The molecule has 0 aliphatic carbocycles. The number of carbonyl (C=O) groups is 2. The SMILES string of the molecule is COC(=O)C1=C(C(=O)OC)N(c2c(C(F)(F)F)ccc(Cl)c2Cl)C=CC=C1.